The molecule has 1 N–H and O–H groups in total. The number of piperidine rings is 1. The zero-order valence-electron chi connectivity index (χ0n) is 10.1. The Morgan fingerprint density at radius 2 is 1.94 bits per heavy atom. The Kier molecular flexibility index (Phi) is 3.83. The molecule has 0 aromatic heterocycles. The molecule has 0 aromatic carbocycles. The molecule has 2 fully saturated rings. The van der Waals surface area contributed by atoms with Gasteiger partial charge in [-0.3, -0.25) is 4.90 Å². The predicted octanol–water partition coefficient (Wildman–Crippen LogP) is 1.77. The van der Waals surface area contributed by atoms with Gasteiger partial charge in [0.1, 0.15) is 0 Å². The van der Waals surface area contributed by atoms with E-state index >= 15 is 0 Å². The molecule has 2 rings (SSSR count). The van der Waals surface area contributed by atoms with Crippen molar-refractivity contribution in [2.24, 2.45) is 11.8 Å². The second kappa shape index (κ2) is 5.16. The van der Waals surface area contributed by atoms with Gasteiger partial charge in [-0.15, -0.1) is 0 Å². The van der Waals surface area contributed by atoms with Gasteiger partial charge in [0.2, 0.25) is 0 Å². The lowest BCUT2D eigenvalue weighted by Crippen LogP contribution is -2.44. The fourth-order valence-corrected chi connectivity index (χ4v) is 3.26. The minimum atomic E-state index is -0.169. The van der Waals surface area contributed by atoms with Crippen LogP contribution in [0.15, 0.2) is 0 Å². The van der Waals surface area contributed by atoms with Gasteiger partial charge < -0.3 is 5.11 Å². The Morgan fingerprint density at radius 3 is 2.50 bits per heavy atom. The lowest BCUT2D eigenvalue weighted by Gasteiger charge is -2.38. The minimum Gasteiger partial charge on any atom is -0.393 e. The van der Waals surface area contributed by atoms with Gasteiger partial charge in [-0.25, -0.2) is 0 Å². The normalized spacial score (nSPS) is 34.8. The molecule has 1 aliphatic carbocycles. The van der Waals surface area contributed by atoms with Crippen LogP contribution in [0.4, 0.5) is 0 Å². The number of rotatable bonds is 2. The van der Waals surface area contributed by atoms with Crippen LogP contribution in [0.1, 0.15) is 39.0 Å². The first kappa shape index (κ1) is 11.9. The van der Waals surface area contributed by atoms with E-state index in [1.54, 1.807) is 0 Å². The minimum absolute atomic E-state index is 0.169. The SMILES string of the molecule is CC(O)C1CCN(C2CCCC2C#N)CC1. The highest BCUT2D eigenvalue weighted by Crippen LogP contribution is 2.32. The van der Waals surface area contributed by atoms with Crippen LogP contribution in [0.5, 0.6) is 0 Å². The predicted molar refractivity (Wildman–Crippen MR) is 62.7 cm³/mol. The van der Waals surface area contributed by atoms with E-state index in [0.29, 0.717) is 12.0 Å². The summed E-state index contributed by atoms with van der Waals surface area (Å²) in [5, 5.41) is 18.6. The Bertz CT molecular complexity index is 264. The first-order valence-electron chi connectivity index (χ1n) is 6.54. The molecule has 0 radical (unpaired) electrons. The topological polar surface area (TPSA) is 47.3 Å². The molecule has 1 heterocycles. The molecule has 1 saturated heterocycles. The Labute approximate surface area is 98.1 Å². The van der Waals surface area contributed by atoms with Crippen molar-refractivity contribution in [3.63, 3.8) is 0 Å². The second-order valence-corrected chi connectivity index (χ2v) is 5.35. The van der Waals surface area contributed by atoms with Gasteiger partial charge in [0.25, 0.3) is 0 Å². The molecule has 0 bridgehead atoms. The molecule has 0 aromatic rings. The number of aliphatic hydroxyl groups is 1. The smallest absolute Gasteiger partial charge is 0.0672 e. The molecule has 3 heteroatoms. The zero-order valence-corrected chi connectivity index (χ0v) is 10.1. The Balaban J connectivity index is 1.87. The zero-order chi connectivity index (χ0) is 11.5. The number of likely N-dealkylation sites (tertiary alicyclic amines) is 1. The standard InChI is InChI=1S/C13H22N2O/c1-10(16)11-5-7-15(8-6-11)13-4-2-3-12(13)9-14/h10-13,16H,2-8H2,1H3. The summed E-state index contributed by atoms with van der Waals surface area (Å²) in [4.78, 5) is 2.49. The van der Waals surface area contributed by atoms with Crippen LogP contribution in [-0.2, 0) is 0 Å². The molecule has 16 heavy (non-hydrogen) atoms. The van der Waals surface area contributed by atoms with Crippen molar-refractivity contribution >= 4 is 0 Å². The molecule has 0 spiro atoms. The molecule has 3 atom stereocenters. The fourth-order valence-electron chi connectivity index (χ4n) is 3.26. The average molecular weight is 222 g/mol. The average Bonchev–Trinajstić information content (AvgIpc) is 2.77. The number of hydrogen-bond acceptors (Lipinski definition) is 3. The third-order valence-electron chi connectivity index (χ3n) is 4.37. The van der Waals surface area contributed by atoms with Crippen molar-refractivity contribution in [2.75, 3.05) is 13.1 Å². The summed E-state index contributed by atoms with van der Waals surface area (Å²) in [6.07, 6.45) is 5.49. The van der Waals surface area contributed by atoms with Crippen molar-refractivity contribution in [1.82, 2.24) is 4.90 Å². The molecule has 3 unspecified atom stereocenters. The lowest BCUT2D eigenvalue weighted by atomic mass is 9.90. The second-order valence-electron chi connectivity index (χ2n) is 5.35. The van der Waals surface area contributed by atoms with Crippen molar-refractivity contribution in [3.05, 3.63) is 0 Å². The maximum absolute atomic E-state index is 9.56. The summed E-state index contributed by atoms with van der Waals surface area (Å²) < 4.78 is 0. The van der Waals surface area contributed by atoms with Crippen molar-refractivity contribution in [3.8, 4) is 6.07 Å². The largest absolute Gasteiger partial charge is 0.393 e. The van der Waals surface area contributed by atoms with E-state index in [2.05, 4.69) is 11.0 Å². The van der Waals surface area contributed by atoms with E-state index in [1.165, 1.54) is 12.8 Å². The lowest BCUT2D eigenvalue weighted by molar-refractivity contribution is 0.0520. The Hall–Kier alpha value is -0.590. The van der Waals surface area contributed by atoms with Crippen LogP contribution in [0.3, 0.4) is 0 Å². The summed E-state index contributed by atoms with van der Waals surface area (Å²) in [5.41, 5.74) is 0. The molecular weight excluding hydrogens is 200 g/mol. The third kappa shape index (κ3) is 2.39. The first-order chi connectivity index (χ1) is 7.72. The van der Waals surface area contributed by atoms with Gasteiger partial charge in [0, 0.05) is 6.04 Å². The Morgan fingerprint density at radius 1 is 1.25 bits per heavy atom. The molecule has 2 aliphatic rings. The van der Waals surface area contributed by atoms with Crippen LogP contribution in [-0.4, -0.2) is 35.2 Å². The third-order valence-corrected chi connectivity index (χ3v) is 4.37. The highest BCUT2D eigenvalue weighted by atomic mass is 16.3. The van der Waals surface area contributed by atoms with Crippen molar-refractivity contribution in [2.45, 2.75) is 51.2 Å². The van der Waals surface area contributed by atoms with Gasteiger partial charge >= 0.3 is 0 Å². The van der Waals surface area contributed by atoms with Crippen molar-refractivity contribution < 1.29 is 5.11 Å². The van der Waals surface area contributed by atoms with Gasteiger partial charge in [-0.2, -0.15) is 5.26 Å². The molecule has 3 nitrogen and oxygen atoms in total. The summed E-state index contributed by atoms with van der Waals surface area (Å²) in [6.45, 7) is 4.03. The van der Waals surface area contributed by atoms with Gasteiger partial charge in [-0.1, -0.05) is 6.42 Å². The molecule has 1 saturated carbocycles. The quantitative estimate of drug-likeness (QED) is 0.774. The van der Waals surface area contributed by atoms with Crippen LogP contribution < -0.4 is 0 Å². The monoisotopic (exact) mass is 222 g/mol. The highest BCUT2D eigenvalue weighted by molar-refractivity contribution is 4.98. The van der Waals surface area contributed by atoms with Crippen LogP contribution >= 0.6 is 0 Å². The van der Waals surface area contributed by atoms with E-state index in [1.807, 2.05) is 6.92 Å². The molecule has 0 amide bonds. The van der Waals surface area contributed by atoms with Gasteiger partial charge in [-0.05, 0) is 51.6 Å². The number of aliphatic hydroxyl groups excluding tert-OH is 1. The van der Waals surface area contributed by atoms with Crippen LogP contribution in [0, 0.1) is 23.2 Å². The van der Waals surface area contributed by atoms with Gasteiger partial charge in [0.05, 0.1) is 18.1 Å². The van der Waals surface area contributed by atoms with E-state index in [-0.39, 0.29) is 12.0 Å². The number of nitrogens with zero attached hydrogens (tertiary/aromatic N) is 2. The first-order valence-corrected chi connectivity index (χ1v) is 6.54. The van der Waals surface area contributed by atoms with E-state index in [4.69, 9.17) is 5.26 Å². The maximum atomic E-state index is 9.56. The maximum Gasteiger partial charge on any atom is 0.0672 e. The van der Waals surface area contributed by atoms with E-state index in [0.717, 1.165) is 32.4 Å². The van der Waals surface area contributed by atoms with E-state index < -0.39 is 0 Å². The summed E-state index contributed by atoms with van der Waals surface area (Å²) >= 11 is 0. The molecular formula is C13H22N2O. The van der Waals surface area contributed by atoms with Crippen LogP contribution in [0.2, 0.25) is 0 Å². The fraction of sp³-hybridized carbons (Fsp3) is 0.923. The van der Waals surface area contributed by atoms with Crippen LogP contribution in [0.25, 0.3) is 0 Å². The molecule has 1 aliphatic heterocycles. The summed E-state index contributed by atoms with van der Waals surface area (Å²) in [6, 6.07) is 2.95. The van der Waals surface area contributed by atoms with E-state index in [9.17, 15) is 5.11 Å². The van der Waals surface area contributed by atoms with Gasteiger partial charge in [0.15, 0.2) is 0 Å². The summed E-state index contributed by atoms with van der Waals surface area (Å²) in [5.74, 6) is 0.723. The van der Waals surface area contributed by atoms with Crippen molar-refractivity contribution in [1.29, 1.82) is 5.26 Å². The number of nitriles is 1. The molecule has 90 valence electrons. The summed E-state index contributed by atoms with van der Waals surface area (Å²) in [7, 11) is 0. The number of hydrogen-bond donors (Lipinski definition) is 1. The highest BCUT2D eigenvalue weighted by Gasteiger charge is 2.34.